The molecule has 1 heterocycles. The van der Waals surface area contributed by atoms with E-state index in [2.05, 4.69) is 26.9 Å². The zero-order chi connectivity index (χ0) is 20.2. The molecule has 1 fully saturated rings. The van der Waals surface area contributed by atoms with Gasteiger partial charge in [0, 0.05) is 47.2 Å². The van der Waals surface area contributed by atoms with E-state index in [0.29, 0.717) is 18.1 Å². The molecule has 0 aliphatic heterocycles. The number of aromatic nitrogens is 2. The molecule has 4 N–H and O–H groups in total. The molecule has 29 heavy (non-hydrogen) atoms. The zero-order valence-electron chi connectivity index (χ0n) is 16.2. The number of carbonyl (C=O) groups is 1. The second kappa shape index (κ2) is 8.26. The average molecular weight is 392 g/mol. The maximum absolute atomic E-state index is 10.8. The number of aromatic amines is 1. The fourth-order valence-corrected chi connectivity index (χ4v) is 3.26. The van der Waals surface area contributed by atoms with Gasteiger partial charge in [0.2, 0.25) is 0 Å². The normalized spacial score (nSPS) is 13.1. The van der Waals surface area contributed by atoms with Crippen molar-refractivity contribution in [2.75, 3.05) is 17.7 Å². The number of nitrogens with zero attached hydrogens (tertiary/aromatic N) is 1. The first-order chi connectivity index (χ1) is 14.1. The quantitative estimate of drug-likeness (QED) is 0.417. The van der Waals surface area contributed by atoms with E-state index in [-0.39, 0.29) is 6.42 Å². The van der Waals surface area contributed by atoms with E-state index in [1.54, 1.807) is 7.11 Å². The molecule has 0 spiro atoms. The summed E-state index contributed by atoms with van der Waals surface area (Å²) in [6.45, 7) is 0. The Morgan fingerprint density at radius 1 is 1.14 bits per heavy atom. The molecule has 0 saturated heterocycles. The van der Waals surface area contributed by atoms with Crippen molar-refractivity contribution in [2.24, 2.45) is 0 Å². The van der Waals surface area contributed by atoms with Crippen LogP contribution in [0.3, 0.4) is 0 Å². The van der Waals surface area contributed by atoms with Crippen molar-refractivity contribution >= 4 is 28.8 Å². The maximum atomic E-state index is 10.8. The Labute approximate surface area is 169 Å². The third-order valence-electron chi connectivity index (χ3n) is 4.93. The third-order valence-corrected chi connectivity index (χ3v) is 4.93. The standard InChI is InChI=1S/C22H24N4O3/c1-29-20-12-18(9-7-15(20)8-10-22(27)28)23-16-3-2-4-17(11-16)24-21-13-19(25-26-21)14-5-6-14/h2-4,7,9,11-14,23H,5-6,8,10H2,1H3,(H,27,28)(H2,24,25,26). The Morgan fingerprint density at radius 2 is 1.90 bits per heavy atom. The van der Waals surface area contributed by atoms with Crippen molar-refractivity contribution in [3.05, 3.63) is 59.8 Å². The van der Waals surface area contributed by atoms with Crippen molar-refractivity contribution < 1.29 is 14.6 Å². The van der Waals surface area contributed by atoms with Crippen LogP contribution in [0, 0.1) is 0 Å². The summed E-state index contributed by atoms with van der Waals surface area (Å²) >= 11 is 0. The van der Waals surface area contributed by atoms with Gasteiger partial charge in [-0.05, 0) is 49.1 Å². The van der Waals surface area contributed by atoms with Gasteiger partial charge in [0.05, 0.1) is 7.11 Å². The van der Waals surface area contributed by atoms with E-state index in [4.69, 9.17) is 9.84 Å². The number of hydrogen-bond acceptors (Lipinski definition) is 5. The largest absolute Gasteiger partial charge is 0.496 e. The van der Waals surface area contributed by atoms with E-state index in [1.807, 2.05) is 42.5 Å². The van der Waals surface area contributed by atoms with Crippen LogP contribution in [0.5, 0.6) is 5.75 Å². The molecule has 0 unspecified atom stereocenters. The number of aryl methyl sites for hydroxylation is 1. The first-order valence-electron chi connectivity index (χ1n) is 9.69. The van der Waals surface area contributed by atoms with Crippen molar-refractivity contribution in [3.8, 4) is 5.75 Å². The minimum atomic E-state index is -0.820. The van der Waals surface area contributed by atoms with Gasteiger partial charge in [-0.3, -0.25) is 9.89 Å². The maximum Gasteiger partial charge on any atom is 0.303 e. The van der Waals surface area contributed by atoms with Crippen LogP contribution in [0.25, 0.3) is 0 Å². The van der Waals surface area contributed by atoms with Gasteiger partial charge in [-0.1, -0.05) is 12.1 Å². The molecule has 2 aromatic carbocycles. The topological polar surface area (TPSA) is 99.3 Å². The minimum Gasteiger partial charge on any atom is -0.496 e. The minimum absolute atomic E-state index is 0.0759. The molecule has 7 nitrogen and oxygen atoms in total. The molecular formula is C22H24N4O3. The van der Waals surface area contributed by atoms with Crippen LogP contribution in [0.1, 0.15) is 36.4 Å². The Hall–Kier alpha value is -3.48. The molecule has 1 saturated carbocycles. The van der Waals surface area contributed by atoms with Crippen LogP contribution >= 0.6 is 0 Å². The second-order valence-corrected chi connectivity index (χ2v) is 7.23. The third kappa shape index (κ3) is 4.87. The lowest BCUT2D eigenvalue weighted by Crippen LogP contribution is -2.00. The summed E-state index contributed by atoms with van der Waals surface area (Å²) in [5.41, 5.74) is 4.80. The fraction of sp³-hybridized carbons (Fsp3) is 0.273. The highest BCUT2D eigenvalue weighted by Crippen LogP contribution is 2.39. The number of methoxy groups -OCH3 is 1. The molecule has 1 aliphatic carbocycles. The van der Waals surface area contributed by atoms with Gasteiger partial charge >= 0.3 is 5.97 Å². The summed E-state index contributed by atoms with van der Waals surface area (Å²) in [6, 6.07) is 15.7. The monoisotopic (exact) mass is 392 g/mol. The molecule has 0 amide bonds. The van der Waals surface area contributed by atoms with Gasteiger partial charge in [-0.15, -0.1) is 0 Å². The van der Waals surface area contributed by atoms with Crippen molar-refractivity contribution in [3.63, 3.8) is 0 Å². The molecule has 0 atom stereocenters. The molecule has 0 bridgehead atoms. The Kier molecular flexibility index (Phi) is 5.37. The molecule has 3 aromatic rings. The second-order valence-electron chi connectivity index (χ2n) is 7.23. The van der Waals surface area contributed by atoms with Gasteiger partial charge in [-0.2, -0.15) is 5.10 Å². The summed E-state index contributed by atoms with van der Waals surface area (Å²) in [7, 11) is 1.59. The van der Waals surface area contributed by atoms with E-state index in [0.717, 1.165) is 28.4 Å². The van der Waals surface area contributed by atoms with Crippen LogP contribution in [-0.2, 0) is 11.2 Å². The number of aliphatic carboxylic acids is 1. The molecule has 7 heteroatoms. The summed E-state index contributed by atoms with van der Waals surface area (Å²) < 4.78 is 5.43. The van der Waals surface area contributed by atoms with Crippen LogP contribution in [0.4, 0.5) is 22.9 Å². The van der Waals surface area contributed by atoms with E-state index in [9.17, 15) is 4.79 Å². The van der Waals surface area contributed by atoms with Crippen LogP contribution in [0.15, 0.2) is 48.5 Å². The Bertz CT molecular complexity index is 1010. The lowest BCUT2D eigenvalue weighted by Gasteiger charge is -2.13. The number of anilines is 4. The van der Waals surface area contributed by atoms with Gasteiger partial charge in [0.1, 0.15) is 5.75 Å². The number of hydrogen-bond donors (Lipinski definition) is 4. The number of carboxylic acids is 1. The highest BCUT2D eigenvalue weighted by Gasteiger charge is 2.25. The molecule has 150 valence electrons. The number of carboxylic acid groups (broad SMARTS) is 1. The van der Waals surface area contributed by atoms with Gasteiger partial charge in [0.15, 0.2) is 5.82 Å². The van der Waals surface area contributed by atoms with Crippen LogP contribution in [-0.4, -0.2) is 28.4 Å². The molecule has 1 aromatic heterocycles. The average Bonchev–Trinajstić information content (AvgIpc) is 3.46. The molecule has 4 rings (SSSR count). The van der Waals surface area contributed by atoms with Crippen molar-refractivity contribution in [1.29, 1.82) is 0 Å². The number of nitrogens with one attached hydrogen (secondary N) is 3. The summed E-state index contributed by atoms with van der Waals surface area (Å²) in [6.07, 6.45) is 2.98. The lowest BCUT2D eigenvalue weighted by molar-refractivity contribution is -0.136. The van der Waals surface area contributed by atoms with Crippen molar-refractivity contribution in [1.82, 2.24) is 10.2 Å². The van der Waals surface area contributed by atoms with E-state index < -0.39 is 5.97 Å². The van der Waals surface area contributed by atoms with Crippen LogP contribution in [0.2, 0.25) is 0 Å². The summed E-state index contributed by atoms with van der Waals surface area (Å²) in [5, 5.41) is 23.0. The fourth-order valence-electron chi connectivity index (χ4n) is 3.26. The van der Waals surface area contributed by atoms with Crippen LogP contribution < -0.4 is 15.4 Å². The summed E-state index contributed by atoms with van der Waals surface area (Å²) in [5.74, 6) is 1.31. The van der Waals surface area contributed by atoms with E-state index >= 15 is 0 Å². The number of rotatable bonds is 9. The SMILES string of the molecule is COc1cc(Nc2cccc(Nc3cc(C4CC4)[nH]n3)c2)ccc1CCC(=O)O. The first kappa shape index (κ1) is 18.9. The lowest BCUT2D eigenvalue weighted by atomic mass is 10.1. The highest BCUT2D eigenvalue weighted by atomic mass is 16.5. The molecule has 0 radical (unpaired) electrons. The molecular weight excluding hydrogens is 368 g/mol. The molecule has 1 aliphatic rings. The Morgan fingerprint density at radius 3 is 2.62 bits per heavy atom. The van der Waals surface area contributed by atoms with Gasteiger partial charge < -0.3 is 20.5 Å². The number of benzene rings is 2. The predicted molar refractivity (Wildman–Crippen MR) is 113 cm³/mol. The summed E-state index contributed by atoms with van der Waals surface area (Å²) in [4.78, 5) is 10.8. The van der Waals surface area contributed by atoms with E-state index in [1.165, 1.54) is 18.5 Å². The Balaban J connectivity index is 1.44. The highest BCUT2D eigenvalue weighted by molar-refractivity contribution is 5.69. The van der Waals surface area contributed by atoms with Gasteiger partial charge in [-0.25, -0.2) is 0 Å². The smallest absolute Gasteiger partial charge is 0.303 e. The number of ether oxygens (including phenoxy) is 1. The predicted octanol–water partition coefficient (Wildman–Crippen LogP) is 4.80. The first-order valence-corrected chi connectivity index (χ1v) is 9.69. The van der Waals surface area contributed by atoms with Crippen molar-refractivity contribution in [2.45, 2.75) is 31.6 Å². The zero-order valence-corrected chi connectivity index (χ0v) is 16.2. The number of H-pyrrole nitrogens is 1. The van der Waals surface area contributed by atoms with Gasteiger partial charge in [0.25, 0.3) is 0 Å².